The topological polar surface area (TPSA) is 49.3 Å². The highest BCUT2D eigenvalue weighted by Gasteiger charge is 2.17. The van der Waals surface area contributed by atoms with Crippen molar-refractivity contribution in [3.05, 3.63) is 35.1 Å². The summed E-state index contributed by atoms with van der Waals surface area (Å²) in [6.07, 6.45) is 4.79. The maximum absolute atomic E-state index is 13.7. The van der Waals surface area contributed by atoms with E-state index in [0.717, 1.165) is 12.3 Å². The molecule has 0 aliphatic heterocycles. The standard InChI is InChI=1S/C16H18FNO2/c17-15-11-14(7-6-13(15)5-2-10-19)16(20)18-9-8-12-3-1-4-12/h6-7,11-12,19H,1,3-4,8-10H2,(H,18,20). The summed E-state index contributed by atoms with van der Waals surface area (Å²) >= 11 is 0. The van der Waals surface area contributed by atoms with Gasteiger partial charge in [0.25, 0.3) is 5.91 Å². The summed E-state index contributed by atoms with van der Waals surface area (Å²) in [6, 6.07) is 4.18. The molecule has 1 aliphatic carbocycles. The molecule has 3 nitrogen and oxygen atoms in total. The van der Waals surface area contributed by atoms with Gasteiger partial charge in [-0.2, -0.15) is 0 Å². The Balaban J connectivity index is 1.90. The van der Waals surface area contributed by atoms with Gasteiger partial charge in [0.15, 0.2) is 0 Å². The summed E-state index contributed by atoms with van der Waals surface area (Å²) in [6.45, 7) is 0.319. The molecule has 0 heterocycles. The first-order valence-corrected chi connectivity index (χ1v) is 6.88. The number of carbonyl (C=O) groups excluding carboxylic acids is 1. The average molecular weight is 275 g/mol. The van der Waals surface area contributed by atoms with E-state index in [1.165, 1.54) is 31.4 Å². The molecule has 2 N–H and O–H groups in total. The van der Waals surface area contributed by atoms with E-state index in [0.29, 0.717) is 12.1 Å². The summed E-state index contributed by atoms with van der Waals surface area (Å²) in [4.78, 5) is 11.9. The molecule has 0 saturated heterocycles. The molecule has 4 heteroatoms. The van der Waals surface area contributed by atoms with Gasteiger partial charge in [-0.3, -0.25) is 4.79 Å². The van der Waals surface area contributed by atoms with E-state index in [9.17, 15) is 9.18 Å². The first-order valence-electron chi connectivity index (χ1n) is 6.88. The minimum atomic E-state index is -0.544. The Hall–Kier alpha value is -1.86. The van der Waals surface area contributed by atoms with Crippen LogP contribution < -0.4 is 5.32 Å². The Morgan fingerprint density at radius 2 is 2.25 bits per heavy atom. The van der Waals surface area contributed by atoms with E-state index in [4.69, 9.17) is 5.11 Å². The number of aliphatic hydroxyl groups is 1. The van der Waals surface area contributed by atoms with E-state index in [1.54, 1.807) is 6.07 Å². The second-order valence-electron chi connectivity index (χ2n) is 5.00. The highest BCUT2D eigenvalue weighted by molar-refractivity contribution is 5.94. The molecule has 1 amide bonds. The lowest BCUT2D eigenvalue weighted by molar-refractivity contribution is 0.0948. The van der Waals surface area contributed by atoms with Crippen molar-refractivity contribution in [3.8, 4) is 11.8 Å². The molecule has 1 aromatic carbocycles. The summed E-state index contributed by atoms with van der Waals surface area (Å²) in [5.74, 6) is 4.81. The highest BCUT2D eigenvalue weighted by Crippen LogP contribution is 2.28. The third kappa shape index (κ3) is 3.82. The lowest BCUT2D eigenvalue weighted by atomic mass is 9.83. The zero-order valence-electron chi connectivity index (χ0n) is 11.3. The molecule has 1 aromatic rings. The largest absolute Gasteiger partial charge is 0.384 e. The quantitative estimate of drug-likeness (QED) is 0.827. The maximum atomic E-state index is 13.7. The molecule has 0 spiro atoms. The van der Waals surface area contributed by atoms with Gasteiger partial charge in [0, 0.05) is 12.1 Å². The van der Waals surface area contributed by atoms with Crippen molar-refractivity contribution in [2.45, 2.75) is 25.7 Å². The second-order valence-corrected chi connectivity index (χ2v) is 5.00. The van der Waals surface area contributed by atoms with Crippen LogP contribution in [0.5, 0.6) is 0 Å². The van der Waals surface area contributed by atoms with Gasteiger partial charge in [0.05, 0.1) is 5.56 Å². The average Bonchev–Trinajstić information content (AvgIpc) is 2.40. The van der Waals surface area contributed by atoms with Gasteiger partial charge in [-0.15, -0.1) is 0 Å². The highest BCUT2D eigenvalue weighted by atomic mass is 19.1. The van der Waals surface area contributed by atoms with Crippen LogP contribution in [-0.2, 0) is 0 Å². The fourth-order valence-corrected chi connectivity index (χ4v) is 2.17. The monoisotopic (exact) mass is 275 g/mol. The van der Waals surface area contributed by atoms with E-state index in [-0.39, 0.29) is 18.1 Å². The number of benzene rings is 1. The third-order valence-corrected chi connectivity index (χ3v) is 3.60. The summed E-state index contributed by atoms with van der Waals surface area (Å²) in [5, 5.41) is 11.4. The minimum absolute atomic E-state index is 0.185. The Morgan fingerprint density at radius 3 is 2.85 bits per heavy atom. The Kier molecular flexibility index (Phi) is 5.14. The van der Waals surface area contributed by atoms with Gasteiger partial charge in [0.1, 0.15) is 12.4 Å². The lowest BCUT2D eigenvalue weighted by Crippen LogP contribution is -2.27. The fraction of sp³-hybridized carbons (Fsp3) is 0.438. The predicted octanol–water partition coefficient (Wildman–Crippen LogP) is 2.09. The van der Waals surface area contributed by atoms with Gasteiger partial charge < -0.3 is 10.4 Å². The minimum Gasteiger partial charge on any atom is -0.384 e. The molecule has 1 fully saturated rings. The van der Waals surface area contributed by atoms with Crippen LogP contribution in [0.2, 0.25) is 0 Å². The second kappa shape index (κ2) is 7.06. The van der Waals surface area contributed by atoms with Crippen LogP contribution in [0, 0.1) is 23.6 Å². The van der Waals surface area contributed by atoms with Gasteiger partial charge in [0.2, 0.25) is 0 Å². The molecule has 106 valence electrons. The van der Waals surface area contributed by atoms with Crippen LogP contribution in [0.15, 0.2) is 18.2 Å². The van der Waals surface area contributed by atoms with Crippen LogP contribution >= 0.6 is 0 Å². The van der Waals surface area contributed by atoms with Gasteiger partial charge >= 0.3 is 0 Å². The molecule has 0 atom stereocenters. The first-order chi connectivity index (χ1) is 9.70. The lowest BCUT2D eigenvalue weighted by Gasteiger charge is -2.25. The maximum Gasteiger partial charge on any atom is 0.251 e. The smallest absolute Gasteiger partial charge is 0.251 e. The molecule has 1 aliphatic rings. The van der Waals surface area contributed by atoms with Crippen molar-refractivity contribution < 1.29 is 14.3 Å². The molecule has 0 aromatic heterocycles. The van der Waals surface area contributed by atoms with Crippen molar-refractivity contribution in [2.75, 3.05) is 13.2 Å². The van der Waals surface area contributed by atoms with Crippen LogP contribution in [0.25, 0.3) is 0 Å². The fourth-order valence-electron chi connectivity index (χ4n) is 2.17. The van der Waals surface area contributed by atoms with Gasteiger partial charge in [-0.05, 0) is 30.5 Å². The zero-order chi connectivity index (χ0) is 14.4. The SMILES string of the molecule is O=C(NCCC1CCC1)c1ccc(C#CCO)c(F)c1. The number of halogens is 1. The van der Waals surface area contributed by atoms with Crippen LogP contribution in [0.3, 0.4) is 0 Å². The third-order valence-electron chi connectivity index (χ3n) is 3.60. The molecule has 1 saturated carbocycles. The zero-order valence-corrected chi connectivity index (χ0v) is 11.3. The molecule has 0 radical (unpaired) electrons. The van der Waals surface area contributed by atoms with Gasteiger partial charge in [-0.25, -0.2) is 4.39 Å². The Morgan fingerprint density at radius 1 is 1.45 bits per heavy atom. The van der Waals surface area contributed by atoms with Gasteiger partial charge in [-0.1, -0.05) is 31.1 Å². The van der Waals surface area contributed by atoms with Crippen LogP contribution in [0.1, 0.15) is 41.6 Å². The van der Waals surface area contributed by atoms with Crippen LogP contribution in [-0.4, -0.2) is 24.2 Å². The Labute approximate surface area is 118 Å². The molecular formula is C16H18FNO2. The van der Waals surface area contributed by atoms with Crippen molar-refractivity contribution in [3.63, 3.8) is 0 Å². The number of hydrogen-bond acceptors (Lipinski definition) is 2. The summed E-state index contributed by atoms with van der Waals surface area (Å²) in [5.41, 5.74) is 0.482. The molecule has 0 bridgehead atoms. The van der Waals surface area contributed by atoms with E-state index >= 15 is 0 Å². The van der Waals surface area contributed by atoms with E-state index < -0.39 is 5.82 Å². The molecule has 2 rings (SSSR count). The van der Waals surface area contributed by atoms with Crippen molar-refractivity contribution in [1.29, 1.82) is 0 Å². The van der Waals surface area contributed by atoms with E-state index in [1.807, 2.05) is 0 Å². The summed E-state index contributed by atoms with van der Waals surface area (Å²) in [7, 11) is 0. The van der Waals surface area contributed by atoms with E-state index in [2.05, 4.69) is 17.2 Å². The van der Waals surface area contributed by atoms with Crippen LogP contribution in [0.4, 0.5) is 4.39 Å². The number of aliphatic hydroxyl groups excluding tert-OH is 1. The first kappa shape index (κ1) is 14.5. The molecule has 20 heavy (non-hydrogen) atoms. The number of amides is 1. The molecule has 0 unspecified atom stereocenters. The number of carbonyl (C=O) groups is 1. The number of rotatable bonds is 4. The summed E-state index contributed by atoms with van der Waals surface area (Å²) < 4.78 is 13.7. The van der Waals surface area contributed by atoms with Crippen molar-refractivity contribution in [1.82, 2.24) is 5.32 Å². The normalized spacial score (nSPS) is 14.1. The Bertz CT molecular complexity index is 541. The number of nitrogens with one attached hydrogen (secondary N) is 1. The predicted molar refractivity (Wildman–Crippen MR) is 74.7 cm³/mol. The molecular weight excluding hydrogens is 257 g/mol. The van der Waals surface area contributed by atoms with Crippen molar-refractivity contribution >= 4 is 5.91 Å². The number of hydrogen-bond donors (Lipinski definition) is 2. The van der Waals surface area contributed by atoms with Crippen molar-refractivity contribution in [2.24, 2.45) is 5.92 Å².